The van der Waals surface area contributed by atoms with E-state index >= 15 is 0 Å². The SMILES string of the molecule is COC(=O)c1ccc(CN(Cc2cccc(F)c2)c2cc3c(cc2C)C(C)(C)CCC3(C)C)cc1. The number of ether oxygens (including phenoxy) is 1. The van der Waals surface area contributed by atoms with Gasteiger partial charge in [-0.15, -0.1) is 0 Å². The number of fused-ring (bicyclic) bond motifs is 1. The lowest BCUT2D eigenvalue weighted by Crippen LogP contribution is -2.34. The molecule has 0 atom stereocenters. The van der Waals surface area contributed by atoms with Crippen LogP contribution in [0.15, 0.2) is 60.7 Å². The van der Waals surface area contributed by atoms with Crippen LogP contribution in [-0.4, -0.2) is 13.1 Å². The summed E-state index contributed by atoms with van der Waals surface area (Å²) in [5, 5.41) is 0. The first-order valence-electron chi connectivity index (χ1n) is 12.3. The van der Waals surface area contributed by atoms with Crippen molar-refractivity contribution in [2.75, 3.05) is 12.0 Å². The predicted octanol–water partition coefficient (Wildman–Crippen LogP) is 7.48. The van der Waals surface area contributed by atoms with Gasteiger partial charge in [-0.1, -0.05) is 58.0 Å². The average molecular weight is 474 g/mol. The van der Waals surface area contributed by atoms with E-state index in [1.807, 2.05) is 18.2 Å². The van der Waals surface area contributed by atoms with Crippen LogP contribution >= 0.6 is 0 Å². The fourth-order valence-electron chi connectivity index (χ4n) is 5.22. The molecule has 3 aromatic rings. The maximum absolute atomic E-state index is 14.0. The third-order valence-electron chi connectivity index (χ3n) is 7.52. The summed E-state index contributed by atoms with van der Waals surface area (Å²) in [4.78, 5) is 14.2. The highest BCUT2D eigenvalue weighted by Crippen LogP contribution is 2.47. The number of carbonyl (C=O) groups excluding carboxylic acids is 1. The van der Waals surface area contributed by atoms with Crippen LogP contribution in [0.1, 0.15) is 78.7 Å². The van der Waals surface area contributed by atoms with E-state index in [1.165, 1.54) is 36.3 Å². The third-order valence-corrected chi connectivity index (χ3v) is 7.52. The topological polar surface area (TPSA) is 29.5 Å². The molecule has 1 aliphatic rings. The number of methoxy groups -OCH3 is 1. The van der Waals surface area contributed by atoms with E-state index in [1.54, 1.807) is 24.3 Å². The molecule has 0 amide bonds. The maximum atomic E-state index is 14.0. The van der Waals surface area contributed by atoms with Crippen molar-refractivity contribution in [2.24, 2.45) is 0 Å². The Bertz CT molecular complexity index is 1230. The van der Waals surface area contributed by atoms with Gasteiger partial charge in [-0.05, 0) is 88.7 Å². The third kappa shape index (κ3) is 5.27. The molecule has 0 fully saturated rings. The van der Waals surface area contributed by atoms with Crippen LogP contribution in [0.4, 0.5) is 10.1 Å². The lowest BCUT2D eigenvalue weighted by atomic mass is 9.63. The van der Waals surface area contributed by atoms with Crippen LogP contribution in [0, 0.1) is 12.7 Å². The second-order valence-electron chi connectivity index (χ2n) is 11.1. The molecule has 3 nitrogen and oxygen atoms in total. The van der Waals surface area contributed by atoms with Crippen molar-refractivity contribution in [3.8, 4) is 0 Å². The molecule has 4 heteroatoms. The summed E-state index contributed by atoms with van der Waals surface area (Å²) in [6.45, 7) is 12.8. The summed E-state index contributed by atoms with van der Waals surface area (Å²) in [5.41, 5.74) is 7.99. The molecule has 0 radical (unpaired) electrons. The molecule has 0 aromatic heterocycles. The van der Waals surface area contributed by atoms with Gasteiger partial charge >= 0.3 is 5.97 Å². The fraction of sp³-hybridized carbons (Fsp3) is 0.387. The van der Waals surface area contributed by atoms with Gasteiger partial charge in [0.25, 0.3) is 0 Å². The quantitative estimate of drug-likeness (QED) is 0.348. The number of benzene rings is 3. The van der Waals surface area contributed by atoms with Crippen molar-refractivity contribution < 1.29 is 13.9 Å². The van der Waals surface area contributed by atoms with Crippen molar-refractivity contribution in [1.82, 2.24) is 0 Å². The predicted molar refractivity (Wildman–Crippen MR) is 141 cm³/mol. The van der Waals surface area contributed by atoms with E-state index in [2.05, 4.69) is 51.7 Å². The molecule has 35 heavy (non-hydrogen) atoms. The van der Waals surface area contributed by atoms with Crippen molar-refractivity contribution >= 4 is 11.7 Å². The Morgan fingerprint density at radius 2 is 1.49 bits per heavy atom. The second-order valence-corrected chi connectivity index (χ2v) is 11.1. The minimum absolute atomic E-state index is 0.0972. The lowest BCUT2D eigenvalue weighted by Gasteiger charge is -2.43. The largest absolute Gasteiger partial charge is 0.465 e. The molecule has 0 unspecified atom stereocenters. The monoisotopic (exact) mass is 473 g/mol. The van der Waals surface area contributed by atoms with Gasteiger partial charge in [0.05, 0.1) is 12.7 Å². The number of hydrogen-bond donors (Lipinski definition) is 0. The first-order chi connectivity index (χ1) is 16.5. The van der Waals surface area contributed by atoms with Gasteiger partial charge in [-0.25, -0.2) is 9.18 Å². The van der Waals surface area contributed by atoms with Crippen LogP contribution in [-0.2, 0) is 28.7 Å². The number of esters is 1. The Morgan fingerprint density at radius 1 is 0.886 bits per heavy atom. The molecule has 0 N–H and O–H groups in total. The van der Waals surface area contributed by atoms with E-state index in [0.717, 1.165) is 23.2 Å². The highest BCUT2D eigenvalue weighted by molar-refractivity contribution is 5.89. The summed E-state index contributed by atoms with van der Waals surface area (Å²) in [6, 6.07) is 19.1. The number of halogens is 1. The van der Waals surface area contributed by atoms with E-state index in [9.17, 15) is 9.18 Å². The molecular weight excluding hydrogens is 437 g/mol. The van der Waals surface area contributed by atoms with Crippen LogP contribution in [0.3, 0.4) is 0 Å². The summed E-state index contributed by atoms with van der Waals surface area (Å²) in [6.07, 6.45) is 2.32. The summed E-state index contributed by atoms with van der Waals surface area (Å²) in [5.74, 6) is -0.571. The van der Waals surface area contributed by atoms with Gasteiger partial charge in [0.1, 0.15) is 5.82 Å². The van der Waals surface area contributed by atoms with E-state index < -0.39 is 0 Å². The average Bonchev–Trinajstić information content (AvgIpc) is 2.81. The van der Waals surface area contributed by atoms with Crippen LogP contribution in [0.25, 0.3) is 0 Å². The standard InChI is InChI=1S/C31H36FNO2/c1-21-16-26-27(31(4,5)15-14-30(26,2)3)18-28(21)33(20-23-8-7-9-25(32)17-23)19-22-10-12-24(13-11-22)29(34)35-6/h7-13,16-18H,14-15,19-20H2,1-6H3. The van der Waals surface area contributed by atoms with E-state index in [0.29, 0.717) is 18.7 Å². The molecule has 0 spiro atoms. The Hall–Kier alpha value is -3.14. The number of aryl methyl sites for hydroxylation is 1. The Kier molecular flexibility index (Phi) is 6.77. The Morgan fingerprint density at radius 3 is 2.09 bits per heavy atom. The first-order valence-corrected chi connectivity index (χ1v) is 12.3. The van der Waals surface area contributed by atoms with Gasteiger partial charge in [0.2, 0.25) is 0 Å². The second kappa shape index (κ2) is 9.49. The van der Waals surface area contributed by atoms with Crippen molar-refractivity contribution in [3.05, 3.63) is 99.9 Å². The van der Waals surface area contributed by atoms with Crippen LogP contribution in [0.5, 0.6) is 0 Å². The van der Waals surface area contributed by atoms with E-state index in [-0.39, 0.29) is 22.6 Å². The molecule has 0 saturated carbocycles. The smallest absolute Gasteiger partial charge is 0.337 e. The van der Waals surface area contributed by atoms with Crippen molar-refractivity contribution in [1.29, 1.82) is 0 Å². The van der Waals surface area contributed by atoms with Crippen molar-refractivity contribution in [3.63, 3.8) is 0 Å². The Balaban J connectivity index is 1.77. The van der Waals surface area contributed by atoms with Gasteiger partial charge in [-0.2, -0.15) is 0 Å². The molecule has 0 aliphatic heterocycles. The number of hydrogen-bond acceptors (Lipinski definition) is 3. The zero-order valence-electron chi connectivity index (χ0n) is 21.7. The maximum Gasteiger partial charge on any atom is 0.337 e. The molecular formula is C31H36FNO2. The summed E-state index contributed by atoms with van der Waals surface area (Å²) >= 11 is 0. The molecule has 184 valence electrons. The zero-order valence-corrected chi connectivity index (χ0v) is 21.7. The van der Waals surface area contributed by atoms with Crippen LogP contribution in [0.2, 0.25) is 0 Å². The van der Waals surface area contributed by atoms with E-state index in [4.69, 9.17) is 4.74 Å². The molecule has 3 aromatic carbocycles. The molecule has 0 bridgehead atoms. The van der Waals surface area contributed by atoms with Gasteiger partial charge in [0.15, 0.2) is 0 Å². The summed E-state index contributed by atoms with van der Waals surface area (Å²) in [7, 11) is 1.39. The van der Waals surface area contributed by atoms with Gasteiger partial charge in [-0.3, -0.25) is 0 Å². The number of carbonyl (C=O) groups is 1. The number of anilines is 1. The summed E-state index contributed by atoms with van der Waals surface area (Å²) < 4.78 is 18.9. The minimum Gasteiger partial charge on any atom is -0.465 e. The molecule has 4 rings (SSSR count). The fourth-order valence-corrected chi connectivity index (χ4v) is 5.22. The first kappa shape index (κ1) is 25.0. The molecule has 0 saturated heterocycles. The minimum atomic E-state index is -0.344. The normalized spacial score (nSPS) is 15.9. The number of nitrogens with zero attached hydrogens (tertiary/aromatic N) is 1. The molecule has 1 aliphatic carbocycles. The van der Waals surface area contributed by atoms with Crippen LogP contribution < -0.4 is 4.90 Å². The highest BCUT2D eigenvalue weighted by Gasteiger charge is 2.37. The lowest BCUT2D eigenvalue weighted by molar-refractivity contribution is 0.0600. The number of rotatable bonds is 6. The van der Waals surface area contributed by atoms with Crippen molar-refractivity contribution in [2.45, 2.75) is 71.4 Å². The van der Waals surface area contributed by atoms with Gasteiger partial charge in [0, 0.05) is 18.8 Å². The highest BCUT2D eigenvalue weighted by atomic mass is 19.1. The van der Waals surface area contributed by atoms with Gasteiger partial charge < -0.3 is 9.64 Å². The Labute approximate surface area is 208 Å². The molecule has 0 heterocycles. The zero-order chi connectivity index (χ0) is 25.4.